The van der Waals surface area contributed by atoms with Crippen LogP contribution in [0.4, 0.5) is 13.2 Å². The lowest BCUT2D eigenvalue weighted by atomic mass is 10.1. The van der Waals surface area contributed by atoms with Crippen LogP contribution in [0.2, 0.25) is 0 Å². The molecule has 0 saturated carbocycles. The Hall–Kier alpha value is -2.01. The smallest absolute Gasteiger partial charge is 0.132 e. The number of aliphatic hydroxyl groups is 1. The predicted molar refractivity (Wildman–Crippen MR) is 67.7 cm³/mol. The highest BCUT2D eigenvalue weighted by Crippen LogP contribution is 2.27. The molecule has 0 bridgehead atoms. The van der Waals surface area contributed by atoms with Gasteiger partial charge in [-0.25, -0.2) is 13.2 Å². The first kappa shape index (κ1) is 14.4. The van der Waals surface area contributed by atoms with Crippen molar-refractivity contribution in [3.63, 3.8) is 0 Å². The number of hydrogen-bond acceptors (Lipinski definition) is 2. The first-order valence-electron chi connectivity index (χ1n) is 6.02. The molecule has 0 fully saturated rings. The van der Waals surface area contributed by atoms with Crippen molar-refractivity contribution in [2.24, 2.45) is 0 Å². The maximum atomic E-state index is 13.4. The quantitative estimate of drug-likeness (QED) is 0.925. The van der Waals surface area contributed by atoms with Gasteiger partial charge in [0.15, 0.2) is 0 Å². The zero-order valence-corrected chi connectivity index (χ0v) is 10.7. The van der Waals surface area contributed by atoms with E-state index in [4.69, 9.17) is 4.74 Å². The fraction of sp³-hybridized carbons (Fsp3) is 0.200. The minimum atomic E-state index is -0.879. The molecular formula is C15H13F3O2. The van der Waals surface area contributed by atoms with Gasteiger partial charge in [0.2, 0.25) is 0 Å². The van der Waals surface area contributed by atoms with Crippen molar-refractivity contribution in [3.05, 3.63) is 65.0 Å². The summed E-state index contributed by atoms with van der Waals surface area (Å²) in [5, 5.41) is 9.55. The molecule has 0 heterocycles. The van der Waals surface area contributed by atoms with Crippen molar-refractivity contribution in [3.8, 4) is 5.75 Å². The van der Waals surface area contributed by atoms with Crippen molar-refractivity contribution in [2.45, 2.75) is 19.6 Å². The Labute approximate surface area is 114 Å². The van der Waals surface area contributed by atoms with E-state index in [-0.39, 0.29) is 17.9 Å². The summed E-state index contributed by atoms with van der Waals surface area (Å²) in [6, 6.07) is 7.09. The Morgan fingerprint density at radius 1 is 1.10 bits per heavy atom. The fourth-order valence-electron chi connectivity index (χ4n) is 1.80. The highest BCUT2D eigenvalue weighted by atomic mass is 19.1. The van der Waals surface area contributed by atoms with Gasteiger partial charge in [-0.15, -0.1) is 0 Å². The fourth-order valence-corrected chi connectivity index (χ4v) is 1.80. The summed E-state index contributed by atoms with van der Waals surface area (Å²) in [5.74, 6) is -1.97. The molecule has 0 saturated heterocycles. The van der Waals surface area contributed by atoms with Crippen molar-refractivity contribution in [2.75, 3.05) is 0 Å². The summed E-state index contributed by atoms with van der Waals surface area (Å²) < 4.78 is 45.3. The molecule has 2 nitrogen and oxygen atoms in total. The minimum Gasteiger partial charge on any atom is -0.488 e. The van der Waals surface area contributed by atoms with E-state index in [0.717, 1.165) is 18.2 Å². The van der Waals surface area contributed by atoms with Crippen LogP contribution in [0.1, 0.15) is 24.2 Å². The van der Waals surface area contributed by atoms with E-state index in [9.17, 15) is 18.3 Å². The summed E-state index contributed by atoms with van der Waals surface area (Å²) in [6.07, 6.45) is -0.879. The first-order chi connectivity index (χ1) is 9.49. The van der Waals surface area contributed by atoms with Crippen molar-refractivity contribution in [1.82, 2.24) is 0 Å². The van der Waals surface area contributed by atoms with Gasteiger partial charge in [-0.3, -0.25) is 0 Å². The van der Waals surface area contributed by atoms with Crippen LogP contribution in [0.25, 0.3) is 0 Å². The summed E-state index contributed by atoms with van der Waals surface area (Å²) in [7, 11) is 0. The van der Waals surface area contributed by atoms with Gasteiger partial charge in [0.05, 0.1) is 11.7 Å². The minimum absolute atomic E-state index is 0.0580. The molecule has 5 heteroatoms. The molecule has 0 aliphatic heterocycles. The van der Waals surface area contributed by atoms with Gasteiger partial charge < -0.3 is 9.84 Å². The molecule has 0 amide bonds. The van der Waals surface area contributed by atoms with E-state index >= 15 is 0 Å². The van der Waals surface area contributed by atoms with Gasteiger partial charge in [-0.1, -0.05) is 6.07 Å². The number of halogens is 3. The maximum Gasteiger partial charge on any atom is 0.132 e. The summed E-state index contributed by atoms with van der Waals surface area (Å²) in [6.45, 7) is 1.10. The van der Waals surface area contributed by atoms with Crippen LogP contribution in [0.3, 0.4) is 0 Å². The van der Waals surface area contributed by atoms with E-state index in [1.807, 2.05) is 0 Å². The zero-order valence-electron chi connectivity index (χ0n) is 10.7. The third-order valence-electron chi connectivity index (χ3n) is 2.86. The number of aliphatic hydroxyl groups excluding tert-OH is 1. The average Bonchev–Trinajstić information content (AvgIpc) is 2.37. The molecule has 2 aromatic carbocycles. The molecule has 0 radical (unpaired) electrons. The number of ether oxygens (including phenoxy) is 1. The molecule has 2 aromatic rings. The topological polar surface area (TPSA) is 29.5 Å². The molecule has 1 N–H and O–H groups in total. The number of benzene rings is 2. The van der Waals surface area contributed by atoms with Gasteiger partial charge in [0, 0.05) is 11.6 Å². The largest absolute Gasteiger partial charge is 0.488 e. The Morgan fingerprint density at radius 3 is 2.35 bits per heavy atom. The molecule has 106 valence electrons. The van der Waals surface area contributed by atoms with E-state index in [1.54, 1.807) is 0 Å². The number of rotatable bonds is 4. The monoisotopic (exact) mass is 282 g/mol. The van der Waals surface area contributed by atoms with Crippen molar-refractivity contribution in [1.29, 1.82) is 0 Å². The molecule has 0 unspecified atom stereocenters. The van der Waals surface area contributed by atoms with Crippen LogP contribution >= 0.6 is 0 Å². The van der Waals surface area contributed by atoms with Gasteiger partial charge in [0.25, 0.3) is 0 Å². The van der Waals surface area contributed by atoms with Crippen molar-refractivity contribution >= 4 is 0 Å². The second kappa shape index (κ2) is 5.96. The van der Waals surface area contributed by atoms with Gasteiger partial charge in [-0.05, 0) is 31.2 Å². The second-order valence-corrected chi connectivity index (χ2v) is 4.35. The lowest BCUT2D eigenvalue weighted by Crippen LogP contribution is -2.05. The van der Waals surface area contributed by atoms with Crippen LogP contribution in [0, 0.1) is 17.5 Å². The van der Waals surface area contributed by atoms with Crippen molar-refractivity contribution < 1.29 is 23.0 Å². The SMILES string of the molecule is C[C@@H](O)c1ccc(F)cc1OCc1c(F)cccc1F. The first-order valence-corrected chi connectivity index (χ1v) is 6.02. The standard InChI is InChI=1S/C15H13F3O2/c1-9(19)11-6-5-10(16)7-15(11)20-8-12-13(17)3-2-4-14(12)18/h2-7,9,19H,8H2,1H3/t9-/m1/s1. The van der Waals surface area contributed by atoms with Gasteiger partial charge >= 0.3 is 0 Å². The molecule has 0 aliphatic carbocycles. The Kier molecular flexibility index (Phi) is 4.29. The molecule has 0 aromatic heterocycles. The molecule has 0 spiro atoms. The Balaban J connectivity index is 2.25. The highest BCUT2D eigenvalue weighted by molar-refractivity contribution is 5.35. The lowest BCUT2D eigenvalue weighted by molar-refractivity contribution is 0.189. The normalized spacial score (nSPS) is 12.2. The third-order valence-corrected chi connectivity index (χ3v) is 2.86. The van der Waals surface area contributed by atoms with Gasteiger partial charge in [-0.2, -0.15) is 0 Å². The molecule has 2 rings (SSSR count). The van der Waals surface area contributed by atoms with E-state index in [1.165, 1.54) is 25.1 Å². The van der Waals surface area contributed by atoms with Crippen LogP contribution in [-0.2, 0) is 6.61 Å². The van der Waals surface area contributed by atoms with E-state index < -0.39 is 23.6 Å². The van der Waals surface area contributed by atoms with Crippen LogP contribution in [0.15, 0.2) is 36.4 Å². The maximum absolute atomic E-state index is 13.4. The lowest BCUT2D eigenvalue weighted by Gasteiger charge is -2.14. The third kappa shape index (κ3) is 3.11. The molecule has 1 atom stereocenters. The average molecular weight is 282 g/mol. The van der Waals surface area contributed by atoms with Crippen LogP contribution in [0.5, 0.6) is 5.75 Å². The number of hydrogen-bond donors (Lipinski definition) is 1. The summed E-state index contributed by atoms with van der Waals surface area (Å²) in [5.41, 5.74) is 0.108. The molecular weight excluding hydrogens is 269 g/mol. The van der Waals surface area contributed by atoms with Gasteiger partial charge in [0.1, 0.15) is 29.8 Å². The molecule has 20 heavy (non-hydrogen) atoms. The van der Waals surface area contributed by atoms with Crippen LogP contribution < -0.4 is 4.74 Å². The predicted octanol–water partition coefficient (Wildman–Crippen LogP) is 3.74. The molecule has 0 aliphatic rings. The second-order valence-electron chi connectivity index (χ2n) is 4.35. The van der Waals surface area contributed by atoms with Crippen LogP contribution in [-0.4, -0.2) is 5.11 Å². The Morgan fingerprint density at radius 2 is 1.75 bits per heavy atom. The summed E-state index contributed by atoms with van der Waals surface area (Å²) in [4.78, 5) is 0. The zero-order chi connectivity index (χ0) is 14.7. The van der Waals surface area contributed by atoms with E-state index in [2.05, 4.69) is 0 Å². The Bertz CT molecular complexity index is 592. The van der Waals surface area contributed by atoms with E-state index in [0.29, 0.717) is 5.56 Å². The summed E-state index contributed by atoms with van der Waals surface area (Å²) >= 11 is 0. The highest BCUT2D eigenvalue weighted by Gasteiger charge is 2.13.